The van der Waals surface area contributed by atoms with Gasteiger partial charge < -0.3 is 15.4 Å². The summed E-state index contributed by atoms with van der Waals surface area (Å²) < 4.78 is 7.56. The summed E-state index contributed by atoms with van der Waals surface area (Å²) in [6, 6.07) is 13.8. The van der Waals surface area contributed by atoms with Gasteiger partial charge in [-0.2, -0.15) is 0 Å². The molecular weight excluding hydrogens is 476 g/mol. The van der Waals surface area contributed by atoms with Crippen molar-refractivity contribution in [3.8, 4) is 5.75 Å². The first-order valence-corrected chi connectivity index (χ1v) is 11.1. The first-order valence-electron chi connectivity index (χ1n) is 10.3. The van der Waals surface area contributed by atoms with Crippen LogP contribution in [0.15, 0.2) is 53.0 Å². The lowest BCUT2D eigenvalue weighted by molar-refractivity contribution is -0.137. The van der Waals surface area contributed by atoms with E-state index >= 15 is 0 Å². The molecule has 0 bridgehead atoms. The second-order valence-corrected chi connectivity index (χ2v) is 8.12. The highest BCUT2D eigenvalue weighted by Gasteiger charge is 2.21. The van der Waals surface area contributed by atoms with Crippen LogP contribution < -0.4 is 20.8 Å². The van der Waals surface area contributed by atoms with Crippen molar-refractivity contribution >= 4 is 50.2 Å². The molecular formula is C23H25BrN4O4. The molecule has 0 spiro atoms. The molecule has 0 radical (unpaired) electrons. The normalized spacial score (nSPS) is 11.6. The molecule has 0 saturated heterocycles. The van der Waals surface area contributed by atoms with Gasteiger partial charge in [0.15, 0.2) is 0 Å². The van der Waals surface area contributed by atoms with E-state index in [0.717, 1.165) is 9.86 Å². The summed E-state index contributed by atoms with van der Waals surface area (Å²) in [5, 5.41) is 6.15. The highest BCUT2D eigenvalue weighted by molar-refractivity contribution is 9.10. The maximum atomic E-state index is 13.0. The molecule has 0 unspecified atom stereocenters. The molecule has 9 heteroatoms. The SMILES string of the molecule is CCOc1ccc(NC(=O)c2cc3cc(Br)ccc3n2NC(=O)C(=O)N[C@H](C)CC)cc1. The smallest absolute Gasteiger partial charge is 0.328 e. The fraction of sp³-hybridized carbons (Fsp3) is 0.261. The topological polar surface area (TPSA) is 101 Å². The van der Waals surface area contributed by atoms with Gasteiger partial charge in [0.25, 0.3) is 5.91 Å². The molecule has 168 valence electrons. The van der Waals surface area contributed by atoms with Crippen LogP contribution in [0.2, 0.25) is 0 Å². The first kappa shape index (κ1) is 23.3. The third kappa shape index (κ3) is 5.47. The molecule has 0 saturated carbocycles. The number of fused-ring (bicyclic) bond motifs is 1. The third-order valence-corrected chi connectivity index (χ3v) is 5.32. The van der Waals surface area contributed by atoms with Gasteiger partial charge in [0.05, 0.1) is 12.1 Å². The number of carbonyl (C=O) groups excluding carboxylic acids is 3. The van der Waals surface area contributed by atoms with Crippen molar-refractivity contribution in [2.24, 2.45) is 0 Å². The number of ether oxygens (including phenoxy) is 1. The van der Waals surface area contributed by atoms with E-state index in [1.54, 1.807) is 42.5 Å². The Hall–Kier alpha value is -3.33. The molecule has 8 nitrogen and oxygen atoms in total. The number of nitrogens with one attached hydrogen (secondary N) is 3. The minimum Gasteiger partial charge on any atom is -0.494 e. The predicted octanol–water partition coefficient (Wildman–Crippen LogP) is 4.04. The number of aromatic nitrogens is 1. The van der Waals surface area contributed by atoms with Crippen LogP contribution in [0.3, 0.4) is 0 Å². The molecule has 1 heterocycles. The Morgan fingerprint density at radius 2 is 1.75 bits per heavy atom. The monoisotopic (exact) mass is 500 g/mol. The Kier molecular flexibility index (Phi) is 7.53. The molecule has 1 aromatic heterocycles. The van der Waals surface area contributed by atoms with E-state index in [1.165, 1.54) is 4.68 Å². The number of amides is 3. The van der Waals surface area contributed by atoms with Gasteiger partial charge in [0.2, 0.25) is 0 Å². The molecule has 0 aliphatic rings. The van der Waals surface area contributed by atoms with Crippen molar-refractivity contribution < 1.29 is 19.1 Å². The molecule has 1 atom stereocenters. The van der Waals surface area contributed by atoms with Gasteiger partial charge in [0.1, 0.15) is 11.4 Å². The summed E-state index contributed by atoms with van der Waals surface area (Å²) in [5.41, 5.74) is 3.87. The number of anilines is 1. The van der Waals surface area contributed by atoms with Crippen LogP contribution in [0.5, 0.6) is 5.75 Å². The number of carbonyl (C=O) groups is 3. The highest BCUT2D eigenvalue weighted by Crippen LogP contribution is 2.24. The number of rotatable bonds is 7. The largest absolute Gasteiger partial charge is 0.494 e. The lowest BCUT2D eigenvalue weighted by Crippen LogP contribution is -2.43. The number of hydrogen-bond acceptors (Lipinski definition) is 4. The molecule has 3 rings (SSSR count). The van der Waals surface area contributed by atoms with Crippen molar-refractivity contribution in [1.29, 1.82) is 0 Å². The summed E-state index contributed by atoms with van der Waals surface area (Å²) in [7, 11) is 0. The Morgan fingerprint density at radius 1 is 1.03 bits per heavy atom. The molecule has 0 aliphatic carbocycles. The molecule has 3 aromatic rings. The standard InChI is InChI=1S/C23H25BrN4O4/c1-4-14(3)25-22(30)23(31)27-28-19-11-6-16(24)12-15(19)13-20(28)21(29)26-17-7-9-18(10-8-17)32-5-2/h6-14H,4-5H2,1-3H3,(H,25,30)(H,26,29)(H,27,31)/t14-/m1/s1. The molecule has 3 amide bonds. The Bertz CT molecular complexity index is 1140. The maximum Gasteiger partial charge on any atom is 0.328 e. The number of hydrogen-bond donors (Lipinski definition) is 3. The maximum absolute atomic E-state index is 13.0. The van der Waals surface area contributed by atoms with Crippen molar-refractivity contribution in [3.05, 3.63) is 58.7 Å². The first-order chi connectivity index (χ1) is 15.3. The second-order valence-electron chi connectivity index (χ2n) is 7.20. The van der Waals surface area contributed by atoms with Crippen molar-refractivity contribution in [1.82, 2.24) is 9.99 Å². The lowest BCUT2D eigenvalue weighted by atomic mass is 10.2. The van der Waals surface area contributed by atoms with Gasteiger partial charge >= 0.3 is 11.8 Å². The average Bonchev–Trinajstić information content (AvgIpc) is 3.12. The van der Waals surface area contributed by atoms with Crippen molar-refractivity contribution in [3.63, 3.8) is 0 Å². The minimum absolute atomic E-state index is 0.145. The van der Waals surface area contributed by atoms with Crippen molar-refractivity contribution in [2.75, 3.05) is 17.3 Å². The molecule has 0 aliphatic heterocycles. The average molecular weight is 501 g/mol. The predicted molar refractivity (Wildman–Crippen MR) is 127 cm³/mol. The Balaban J connectivity index is 1.89. The van der Waals surface area contributed by atoms with Crippen LogP contribution in [-0.2, 0) is 9.59 Å². The van der Waals surface area contributed by atoms with E-state index in [-0.39, 0.29) is 11.7 Å². The zero-order valence-corrected chi connectivity index (χ0v) is 19.7. The van der Waals surface area contributed by atoms with E-state index < -0.39 is 17.7 Å². The van der Waals surface area contributed by atoms with Crippen molar-refractivity contribution in [2.45, 2.75) is 33.2 Å². The van der Waals surface area contributed by atoms with Crippen LogP contribution in [0.25, 0.3) is 10.9 Å². The molecule has 0 fully saturated rings. The minimum atomic E-state index is -0.860. The van der Waals surface area contributed by atoms with Gasteiger partial charge in [-0.15, -0.1) is 0 Å². The van der Waals surface area contributed by atoms with Crippen LogP contribution in [0.4, 0.5) is 5.69 Å². The van der Waals surface area contributed by atoms with Gasteiger partial charge in [-0.25, -0.2) is 4.68 Å². The summed E-state index contributed by atoms with van der Waals surface area (Å²) >= 11 is 3.41. The summed E-state index contributed by atoms with van der Waals surface area (Å²) in [6.45, 7) is 6.16. The third-order valence-electron chi connectivity index (χ3n) is 4.83. The second kappa shape index (κ2) is 10.3. The number of halogens is 1. The Labute approximate surface area is 194 Å². The van der Waals surface area contributed by atoms with Crippen LogP contribution in [-0.4, -0.2) is 35.0 Å². The van der Waals surface area contributed by atoms with E-state index in [4.69, 9.17) is 4.74 Å². The van der Waals surface area contributed by atoms with Crippen LogP contribution in [0, 0.1) is 0 Å². The van der Waals surface area contributed by atoms with Crippen LogP contribution >= 0.6 is 15.9 Å². The zero-order valence-electron chi connectivity index (χ0n) is 18.1. The lowest BCUT2D eigenvalue weighted by Gasteiger charge is -2.14. The zero-order chi connectivity index (χ0) is 23.3. The molecule has 3 N–H and O–H groups in total. The van der Waals surface area contributed by atoms with E-state index in [2.05, 4.69) is 32.0 Å². The molecule has 32 heavy (non-hydrogen) atoms. The number of benzene rings is 2. The fourth-order valence-corrected chi connectivity index (χ4v) is 3.39. The number of nitrogens with zero attached hydrogens (tertiary/aromatic N) is 1. The van der Waals surface area contributed by atoms with Gasteiger partial charge in [-0.3, -0.25) is 19.8 Å². The van der Waals surface area contributed by atoms with E-state index in [0.29, 0.717) is 30.0 Å². The van der Waals surface area contributed by atoms with E-state index in [9.17, 15) is 14.4 Å². The van der Waals surface area contributed by atoms with Gasteiger partial charge in [-0.05, 0) is 68.8 Å². The quantitative estimate of drug-likeness (QED) is 0.426. The fourth-order valence-electron chi connectivity index (χ4n) is 3.01. The van der Waals surface area contributed by atoms with E-state index in [1.807, 2.05) is 26.8 Å². The Morgan fingerprint density at radius 3 is 2.41 bits per heavy atom. The molecule has 2 aromatic carbocycles. The summed E-state index contributed by atoms with van der Waals surface area (Å²) in [4.78, 5) is 37.8. The summed E-state index contributed by atoms with van der Waals surface area (Å²) in [5.74, 6) is -1.37. The van der Waals surface area contributed by atoms with Gasteiger partial charge in [-0.1, -0.05) is 22.9 Å². The summed E-state index contributed by atoms with van der Waals surface area (Å²) in [6.07, 6.45) is 0.690. The van der Waals surface area contributed by atoms with Crippen LogP contribution in [0.1, 0.15) is 37.7 Å². The van der Waals surface area contributed by atoms with Gasteiger partial charge in [0, 0.05) is 21.6 Å². The highest BCUT2D eigenvalue weighted by atomic mass is 79.9.